The number of fused-ring (bicyclic) bond motifs is 4. The van der Waals surface area contributed by atoms with Crippen LogP contribution in [0, 0.1) is 30.6 Å². The monoisotopic (exact) mass is 460 g/mol. The van der Waals surface area contributed by atoms with Crippen molar-refractivity contribution in [1.29, 1.82) is 0 Å². The number of anilines is 1. The average molecular weight is 460 g/mol. The van der Waals surface area contributed by atoms with E-state index in [0.29, 0.717) is 6.42 Å². The maximum atomic E-state index is 13.3. The van der Waals surface area contributed by atoms with Gasteiger partial charge < -0.3 is 4.74 Å². The van der Waals surface area contributed by atoms with Gasteiger partial charge in [-0.25, -0.2) is 4.90 Å². The topological polar surface area (TPSA) is 101 Å². The van der Waals surface area contributed by atoms with E-state index in [4.69, 9.17) is 4.74 Å². The Labute approximate surface area is 196 Å². The van der Waals surface area contributed by atoms with E-state index in [2.05, 4.69) is 0 Å². The summed E-state index contributed by atoms with van der Waals surface area (Å²) >= 11 is 0. The second kappa shape index (κ2) is 7.90. The Morgan fingerprint density at radius 3 is 1.91 bits per heavy atom. The quantitative estimate of drug-likeness (QED) is 0.386. The molecular weight excluding hydrogens is 436 g/mol. The highest BCUT2D eigenvalue weighted by molar-refractivity contribution is 6.28. The summed E-state index contributed by atoms with van der Waals surface area (Å²) in [6.45, 7) is 3.83. The van der Waals surface area contributed by atoms with Crippen molar-refractivity contribution in [3.8, 4) is 16.9 Å². The molecule has 2 heterocycles. The van der Waals surface area contributed by atoms with Crippen LogP contribution in [-0.2, 0) is 24.0 Å². The number of aryl methyl sites for hydroxylation is 1. The van der Waals surface area contributed by atoms with Crippen LogP contribution >= 0.6 is 0 Å². The molecule has 4 amide bonds. The molecule has 5 rings (SSSR count). The van der Waals surface area contributed by atoms with Gasteiger partial charge in [0.15, 0.2) is 5.75 Å². The first kappa shape index (κ1) is 22.0. The number of esters is 1. The van der Waals surface area contributed by atoms with Crippen LogP contribution in [0.2, 0.25) is 0 Å². The highest BCUT2D eigenvalue weighted by Gasteiger charge is 2.73. The maximum Gasteiger partial charge on any atom is 0.311 e. The van der Waals surface area contributed by atoms with E-state index in [1.165, 1.54) is 7.05 Å². The molecule has 0 aromatic heterocycles. The van der Waals surface area contributed by atoms with Crippen molar-refractivity contribution in [3.63, 3.8) is 0 Å². The van der Waals surface area contributed by atoms with E-state index >= 15 is 0 Å². The van der Waals surface area contributed by atoms with Gasteiger partial charge in [0, 0.05) is 13.5 Å². The largest absolute Gasteiger partial charge is 0.424 e. The zero-order valence-electron chi connectivity index (χ0n) is 19.1. The van der Waals surface area contributed by atoms with Crippen molar-refractivity contribution < 1.29 is 28.7 Å². The van der Waals surface area contributed by atoms with Crippen LogP contribution in [0.1, 0.15) is 25.3 Å². The van der Waals surface area contributed by atoms with Crippen molar-refractivity contribution in [2.75, 3.05) is 11.9 Å². The fourth-order valence-corrected chi connectivity index (χ4v) is 5.26. The molecule has 8 nitrogen and oxygen atoms in total. The van der Waals surface area contributed by atoms with Gasteiger partial charge in [0.2, 0.25) is 23.6 Å². The number of carbonyl (C=O) groups excluding carboxylic acids is 5. The molecule has 4 atom stereocenters. The second-order valence-electron chi connectivity index (χ2n) is 9.12. The standard InChI is InChI=1S/C26H24N2O6/c1-4-5-18(29)34-17-12-15(14-8-6-13(2)7-9-14)10-11-16(17)28-25(32)21-19-20(22(21)26(28)33)24(31)27(3)23(19)30/h6-12,19-22H,4-5H2,1-3H3. The van der Waals surface area contributed by atoms with Crippen LogP contribution in [0.3, 0.4) is 0 Å². The zero-order chi connectivity index (χ0) is 24.3. The minimum absolute atomic E-state index is 0.0967. The molecule has 0 bridgehead atoms. The number of ether oxygens (including phenoxy) is 1. The van der Waals surface area contributed by atoms with E-state index in [1.807, 2.05) is 38.1 Å². The fraction of sp³-hybridized carbons (Fsp3) is 0.346. The summed E-state index contributed by atoms with van der Waals surface area (Å²) in [5.41, 5.74) is 2.89. The number of rotatable bonds is 5. The summed E-state index contributed by atoms with van der Waals surface area (Å²) in [5, 5.41) is 0. The SMILES string of the molecule is CCCC(=O)Oc1cc(-c2ccc(C)cc2)ccc1N1C(=O)C2C3C(=O)N(C)C(=O)C3C2C1=O. The van der Waals surface area contributed by atoms with E-state index in [-0.39, 0.29) is 17.9 Å². The number of hydrogen-bond donors (Lipinski definition) is 0. The summed E-state index contributed by atoms with van der Waals surface area (Å²) in [6, 6.07) is 12.8. The molecule has 0 spiro atoms. The van der Waals surface area contributed by atoms with Gasteiger partial charge in [0.25, 0.3) is 0 Å². The lowest BCUT2D eigenvalue weighted by Crippen LogP contribution is -2.50. The molecule has 0 N–H and O–H groups in total. The number of hydrogen-bond acceptors (Lipinski definition) is 6. The molecule has 2 aliphatic heterocycles. The molecule has 34 heavy (non-hydrogen) atoms. The molecule has 4 unspecified atom stereocenters. The first-order valence-corrected chi connectivity index (χ1v) is 11.4. The Kier molecular flexibility index (Phi) is 5.11. The van der Waals surface area contributed by atoms with Crippen LogP contribution in [0.15, 0.2) is 42.5 Å². The Morgan fingerprint density at radius 1 is 0.824 bits per heavy atom. The van der Waals surface area contributed by atoms with Crippen LogP contribution in [-0.4, -0.2) is 41.5 Å². The summed E-state index contributed by atoms with van der Waals surface area (Å²) in [6.07, 6.45) is 0.763. The van der Waals surface area contributed by atoms with Gasteiger partial charge in [-0.05, 0) is 36.6 Å². The molecule has 2 saturated heterocycles. The third-order valence-corrected chi connectivity index (χ3v) is 7.05. The second-order valence-corrected chi connectivity index (χ2v) is 9.12. The molecule has 2 aromatic rings. The number of carbonyl (C=O) groups is 5. The summed E-state index contributed by atoms with van der Waals surface area (Å²) in [5.74, 6) is -5.65. The van der Waals surface area contributed by atoms with Crippen molar-refractivity contribution in [2.45, 2.75) is 26.7 Å². The van der Waals surface area contributed by atoms with Gasteiger partial charge >= 0.3 is 5.97 Å². The predicted octanol–water partition coefficient (Wildman–Crippen LogP) is 2.72. The van der Waals surface area contributed by atoms with Crippen LogP contribution < -0.4 is 9.64 Å². The Bertz CT molecular complexity index is 1210. The third-order valence-electron chi connectivity index (χ3n) is 7.05. The first-order chi connectivity index (χ1) is 16.2. The molecular formula is C26H24N2O6. The van der Waals surface area contributed by atoms with Crippen molar-refractivity contribution >= 4 is 35.3 Å². The summed E-state index contributed by atoms with van der Waals surface area (Å²) < 4.78 is 5.60. The molecule has 2 aromatic carbocycles. The van der Waals surface area contributed by atoms with Gasteiger partial charge in [-0.15, -0.1) is 0 Å². The summed E-state index contributed by atoms with van der Waals surface area (Å²) in [4.78, 5) is 65.9. The molecule has 1 aliphatic carbocycles. The Balaban J connectivity index is 1.54. The van der Waals surface area contributed by atoms with Gasteiger partial charge in [0.05, 0.1) is 29.4 Å². The smallest absolute Gasteiger partial charge is 0.311 e. The van der Waals surface area contributed by atoms with Crippen molar-refractivity contribution in [3.05, 3.63) is 48.0 Å². The van der Waals surface area contributed by atoms with Gasteiger partial charge in [-0.2, -0.15) is 0 Å². The zero-order valence-corrected chi connectivity index (χ0v) is 19.1. The van der Waals surface area contributed by atoms with Gasteiger partial charge in [0.1, 0.15) is 0 Å². The highest BCUT2D eigenvalue weighted by Crippen LogP contribution is 2.57. The minimum Gasteiger partial charge on any atom is -0.424 e. The normalized spacial score (nSPS) is 25.4. The maximum absolute atomic E-state index is 13.3. The van der Waals surface area contributed by atoms with E-state index in [0.717, 1.165) is 26.5 Å². The number of nitrogens with zero attached hydrogens (tertiary/aromatic N) is 2. The molecule has 8 heteroatoms. The number of benzene rings is 2. The van der Waals surface area contributed by atoms with Crippen LogP contribution in [0.5, 0.6) is 5.75 Å². The Morgan fingerprint density at radius 2 is 1.35 bits per heavy atom. The highest BCUT2D eigenvalue weighted by atomic mass is 16.5. The molecule has 3 fully saturated rings. The van der Waals surface area contributed by atoms with E-state index < -0.39 is 53.3 Å². The van der Waals surface area contributed by atoms with E-state index in [1.54, 1.807) is 18.2 Å². The Hall–Kier alpha value is -3.81. The van der Waals surface area contributed by atoms with Gasteiger partial charge in [-0.1, -0.05) is 42.8 Å². The number of likely N-dealkylation sites (tertiary alicyclic amines) is 1. The lowest BCUT2D eigenvalue weighted by Gasteiger charge is -2.36. The third kappa shape index (κ3) is 3.09. The lowest BCUT2D eigenvalue weighted by molar-refractivity contribution is -0.146. The molecule has 174 valence electrons. The summed E-state index contributed by atoms with van der Waals surface area (Å²) in [7, 11) is 1.38. The lowest BCUT2D eigenvalue weighted by atomic mass is 9.59. The van der Waals surface area contributed by atoms with Crippen LogP contribution in [0.4, 0.5) is 5.69 Å². The van der Waals surface area contributed by atoms with Gasteiger partial charge in [-0.3, -0.25) is 28.9 Å². The average Bonchev–Trinajstić information content (AvgIpc) is 3.09. The number of amides is 4. The van der Waals surface area contributed by atoms with Crippen molar-refractivity contribution in [2.24, 2.45) is 23.7 Å². The molecule has 0 radical (unpaired) electrons. The molecule has 3 aliphatic rings. The number of imide groups is 2. The minimum atomic E-state index is -0.866. The van der Waals surface area contributed by atoms with E-state index in [9.17, 15) is 24.0 Å². The molecule has 1 saturated carbocycles. The predicted molar refractivity (Wildman–Crippen MR) is 121 cm³/mol. The fourth-order valence-electron chi connectivity index (χ4n) is 5.26. The van der Waals surface area contributed by atoms with Crippen molar-refractivity contribution in [1.82, 2.24) is 4.90 Å². The van der Waals surface area contributed by atoms with Crippen LogP contribution in [0.25, 0.3) is 11.1 Å². The first-order valence-electron chi connectivity index (χ1n) is 11.4.